The van der Waals surface area contributed by atoms with Crippen LogP contribution >= 0.6 is 0 Å². The lowest BCUT2D eigenvalue weighted by atomic mass is 10.1. The number of nitrogens with zero attached hydrogens (tertiary/aromatic N) is 1. The summed E-state index contributed by atoms with van der Waals surface area (Å²) in [7, 11) is 3.30. The zero-order chi connectivity index (χ0) is 14.4. The maximum atomic E-state index is 5.17. The Hall–Kier alpha value is -2.49. The second-order valence-corrected chi connectivity index (χ2v) is 4.27. The second-order valence-electron chi connectivity index (χ2n) is 4.27. The van der Waals surface area contributed by atoms with Crippen molar-refractivity contribution in [1.29, 1.82) is 0 Å². The van der Waals surface area contributed by atoms with Gasteiger partial charge in [-0.3, -0.25) is 5.43 Å². The van der Waals surface area contributed by atoms with Gasteiger partial charge in [0.2, 0.25) is 0 Å². The fourth-order valence-electron chi connectivity index (χ4n) is 1.74. The fourth-order valence-corrected chi connectivity index (χ4v) is 1.74. The molecule has 4 heteroatoms. The Morgan fingerprint density at radius 1 is 0.950 bits per heavy atom. The van der Waals surface area contributed by atoms with Crippen LogP contribution in [0.25, 0.3) is 0 Å². The van der Waals surface area contributed by atoms with Crippen molar-refractivity contribution in [3.05, 3.63) is 54.1 Å². The average Bonchev–Trinajstić information content (AvgIpc) is 2.53. The molecular formula is C16H18N2O2. The molecule has 104 valence electrons. The highest BCUT2D eigenvalue weighted by atomic mass is 16.5. The summed E-state index contributed by atoms with van der Waals surface area (Å²) >= 11 is 0. The number of methoxy groups -OCH3 is 2. The topological polar surface area (TPSA) is 42.8 Å². The summed E-state index contributed by atoms with van der Waals surface area (Å²) in [4.78, 5) is 0. The first-order valence-electron chi connectivity index (χ1n) is 6.31. The molecule has 20 heavy (non-hydrogen) atoms. The van der Waals surface area contributed by atoms with E-state index in [2.05, 4.69) is 10.5 Å². The molecule has 0 fully saturated rings. The average molecular weight is 270 g/mol. The van der Waals surface area contributed by atoms with Crippen molar-refractivity contribution in [2.24, 2.45) is 5.10 Å². The van der Waals surface area contributed by atoms with Crippen LogP contribution in [0.4, 0.5) is 5.69 Å². The zero-order valence-electron chi connectivity index (χ0n) is 11.9. The number of anilines is 1. The van der Waals surface area contributed by atoms with E-state index in [1.54, 1.807) is 14.2 Å². The number of rotatable bonds is 5. The molecule has 0 saturated heterocycles. The zero-order valence-corrected chi connectivity index (χ0v) is 11.9. The smallest absolute Gasteiger partial charge is 0.120 e. The van der Waals surface area contributed by atoms with E-state index >= 15 is 0 Å². The van der Waals surface area contributed by atoms with E-state index in [-0.39, 0.29) is 0 Å². The number of ether oxygens (including phenoxy) is 2. The molecule has 0 unspecified atom stereocenters. The van der Waals surface area contributed by atoms with E-state index < -0.39 is 0 Å². The van der Waals surface area contributed by atoms with E-state index in [9.17, 15) is 0 Å². The van der Waals surface area contributed by atoms with Crippen molar-refractivity contribution in [3.63, 3.8) is 0 Å². The van der Waals surface area contributed by atoms with Crippen LogP contribution in [0.15, 0.2) is 53.6 Å². The van der Waals surface area contributed by atoms with Gasteiger partial charge in [0.25, 0.3) is 0 Å². The molecule has 2 rings (SSSR count). The Morgan fingerprint density at radius 3 is 2.30 bits per heavy atom. The van der Waals surface area contributed by atoms with Crippen LogP contribution in [0.1, 0.15) is 12.5 Å². The van der Waals surface area contributed by atoms with Gasteiger partial charge in [0.05, 0.1) is 25.6 Å². The maximum absolute atomic E-state index is 5.17. The van der Waals surface area contributed by atoms with Crippen molar-refractivity contribution < 1.29 is 9.47 Å². The van der Waals surface area contributed by atoms with Gasteiger partial charge < -0.3 is 9.47 Å². The van der Waals surface area contributed by atoms with E-state index in [1.807, 2.05) is 55.5 Å². The molecule has 0 aliphatic heterocycles. The van der Waals surface area contributed by atoms with E-state index in [0.717, 1.165) is 28.5 Å². The van der Waals surface area contributed by atoms with Gasteiger partial charge in [-0.1, -0.05) is 6.07 Å². The number of hydrogen-bond donors (Lipinski definition) is 1. The lowest BCUT2D eigenvalue weighted by molar-refractivity contribution is 0.414. The molecule has 0 aliphatic rings. The molecule has 1 N–H and O–H groups in total. The second kappa shape index (κ2) is 6.61. The predicted octanol–water partition coefficient (Wildman–Crippen LogP) is 3.54. The monoisotopic (exact) mass is 270 g/mol. The summed E-state index contributed by atoms with van der Waals surface area (Å²) in [6, 6.07) is 15.4. The predicted molar refractivity (Wildman–Crippen MR) is 81.8 cm³/mol. The van der Waals surface area contributed by atoms with Crippen LogP contribution in [0.2, 0.25) is 0 Å². The van der Waals surface area contributed by atoms with Gasteiger partial charge in [-0.25, -0.2) is 0 Å². The van der Waals surface area contributed by atoms with E-state index in [4.69, 9.17) is 9.47 Å². The molecular weight excluding hydrogens is 252 g/mol. The first-order valence-corrected chi connectivity index (χ1v) is 6.31. The van der Waals surface area contributed by atoms with Crippen LogP contribution in [0.5, 0.6) is 11.5 Å². The molecule has 0 atom stereocenters. The summed E-state index contributed by atoms with van der Waals surface area (Å²) in [6.07, 6.45) is 0. The summed E-state index contributed by atoms with van der Waals surface area (Å²) in [5.74, 6) is 1.63. The van der Waals surface area contributed by atoms with Crippen LogP contribution in [0, 0.1) is 0 Å². The normalized spacial score (nSPS) is 11.1. The van der Waals surface area contributed by atoms with Crippen molar-refractivity contribution in [1.82, 2.24) is 0 Å². The minimum atomic E-state index is 0.798. The summed E-state index contributed by atoms with van der Waals surface area (Å²) in [5, 5.41) is 4.37. The van der Waals surface area contributed by atoms with Crippen LogP contribution in [-0.4, -0.2) is 19.9 Å². The van der Waals surface area contributed by atoms with Crippen LogP contribution in [0.3, 0.4) is 0 Å². The SMILES string of the molecule is COc1ccc(/C(C)=N\Nc2cccc(OC)c2)cc1. The molecule has 0 radical (unpaired) electrons. The number of nitrogens with one attached hydrogen (secondary N) is 1. The standard InChI is InChI=1S/C16H18N2O2/c1-12(13-7-9-15(19-2)10-8-13)17-18-14-5-4-6-16(11-14)20-3/h4-11,18H,1-3H3/b17-12-. The van der Waals surface area contributed by atoms with Crippen molar-refractivity contribution in [2.75, 3.05) is 19.6 Å². The maximum Gasteiger partial charge on any atom is 0.120 e. The van der Waals surface area contributed by atoms with Gasteiger partial charge in [-0.15, -0.1) is 0 Å². The Bertz CT molecular complexity index is 592. The van der Waals surface area contributed by atoms with Crippen molar-refractivity contribution >= 4 is 11.4 Å². The highest BCUT2D eigenvalue weighted by molar-refractivity contribution is 5.99. The van der Waals surface area contributed by atoms with Gasteiger partial charge in [-0.2, -0.15) is 5.10 Å². The Kier molecular flexibility index (Phi) is 4.60. The molecule has 0 aromatic heterocycles. The van der Waals surface area contributed by atoms with Gasteiger partial charge in [-0.05, 0) is 48.9 Å². The lowest BCUT2D eigenvalue weighted by Crippen LogP contribution is -1.99. The lowest BCUT2D eigenvalue weighted by Gasteiger charge is -2.06. The number of hydrazone groups is 1. The van der Waals surface area contributed by atoms with Gasteiger partial charge in [0.1, 0.15) is 11.5 Å². The molecule has 0 saturated carbocycles. The Labute approximate surface area is 119 Å². The molecule has 0 aliphatic carbocycles. The highest BCUT2D eigenvalue weighted by Crippen LogP contribution is 2.17. The summed E-state index contributed by atoms with van der Waals surface area (Å²) < 4.78 is 10.3. The third kappa shape index (κ3) is 3.51. The van der Waals surface area contributed by atoms with E-state index in [1.165, 1.54) is 0 Å². The first-order chi connectivity index (χ1) is 9.72. The summed E-state index contributed by atoms with van der Waals surface area (Å²) in [5.41, 5.74) is 5.85. The highest BCUT2D eigenvalue weighted by Gasteiger charge is 1.99. The van der Waals surface area contributed by atoms with Crippen LogP contribution in [-0.2, 0) is 0 Å². The summed E-state index contributed by atoms with van der Waals surface area (Å²) in [6.45, 7) is 1.95. The fraction of sp³-hybridized carbons (Fsp3) is 0.188. The largest absolute Gasteiger partial charge is 0.497 e. The number of hydrogen-bond acceptors (Lipinski definition) is 4. The van der Waals surface area contributed by atoms with Crippen LogP contribution < -0.4 is 14.9 Å². The molecule has 0 bridgehead atoms. The first kappa shape index (κ1) is 13.9. The molecule has 4 nitrogen and oxygen atoms in total. The number of benzene rings is 2. The molecule has 2 aromatic rings. The van der Waals surface area contributed by atoms with Gasteiger partial charge in [0, 0.05) is 6.07 Å². The molecule has 0 heterocycles. The van der Waals surface area contributed by atoms with E-state index in [0.29, 0.717) is 0 Å². The molecule has 0 spiro atoms. The Balaban J connectivity index is 2.09. The minimum absolute atomic E-state index is 0.798. The third-order valence-corrected chi connectivity index (χ3v) is 2.93. The van der Waals surface area contributed by atoms with Crippen molar-refractivity contribution in [3.8, 4) is 11.5 Å². The van der Waals surface area contributed by atoms with Crippen molar-refractivity contribution in [2.45, 2.75) is 6.92 Å². The molecule has 0 amide bonds. The quantitative estimate of drug-likeness (QED) is 0.667. The van der Waals surface area contributed by atoms with Gasteiger partial charge >= 0.3 is 0 Å². The Morgan fingerprint density at radius 2 is 1.65 bits per heavy atom. The molecule has 2 aromatic carbocycles. The van der Waals surface area contributed by atoms with Gasteiger partial charge in [0.15, 0.2) is 0 Å². The third-order valence-electron chi connectivity index (χ3n) is 2.93. The minimum Gasteiger partial charge on any atom is -0.497 e.